The quantitative estimate of drug-likeness (QED) is 0.757. The third-order valence-electron chi connectivity index (χ3n) is 1.91. The summed E-state index contributed by atoms with van der Waals surface area (Å²) in [5, 5.41) is 0.406. The Morgan fingerprint density at radius 1 is 1.40 bits per heavy atom. The van der Waals surface area contributed by atoms with Crippen molar-refractivity contribution in [3.05, 3.63) is 27.8 Å². The van der Waals surface area contributed by atoms with Gasteiger partial charge in [0.2, 0.25) is 0 Å². The van der Waals surface area contributed by atoms with Crippen LogP contribution in [0, 0.1) is 6.92 Å². The molecule has 78 valence electrons. The zero-order valence-corrected chi connectivity index (χ0v) is 10.5. The highest BCUT2D eigenvalue weighted by atomic mass is 79.9. The average molecular weight is 288 g/mol. The number of halogens is 2. The van der Waals surface area contributed by atoms with E-state index in [-0.39, 0.29) is 0 Å². The molecule has 0 aliphatic carbocycles. The van der Waals surface area contributed by atoms with Gasteiger partial charge in [0.1, 0.15) is 10.8 Å². The fraction of sp³-hybridized carbons (Fsp3) is 0.222. The first-order valence-electron chi connectivity index (χ1n) is 4.26. The largest absolute Gasteiger partial charge is 0.340 e. The zero-order chi connectivity index (χ0) is 11.0. The van der Waals surface area contributed by atoms with Crippen LogP contribution in [0.25, 0.3) is 11.5 Å². The van der Waals surface area contributed by atoms with E-state index in [2.05, 4.69) is 30.9 Å². The third kappa shape index (κ3) is 2.03. The van der Waals surface area contributed by atoms with Crippen LogP contribution in [0.1, 0.15) is 5.69 Å². The van der Waals surface area contributed by atoms with Crippen molar-refractivity contribution in [3.8, 4) is 11.5 Å². The Balaban J connectivity index is 2.55. The Labute approximate surface area is 100 Å². The molecule has 0 unspecified atom stereocenters. The van der Waals surface area contributed by atoms with Gasteiger partial charge < -0.3 is 4.57 Å². The fourth-order valence-electron chi connectivity index (χ4n) is 1.17. The van der Waals surface area contributed by atoms with Gasteiger partial charge >= 0.3 is 0 Å². The fourth-order valence-corrected chi connectivity index (χ4v) is 1.56. The maximum Gasteiger partial charge on any atom is 0.181 e. The Morgan fingerprint density at radius 2 is 2.13 bits per heavy atom. The summed E-state index contributed by atoms with van der Waals surface area (Å²) in [5.74, 6) is 0.543. The van der Waals surface area contributed by atoms with Crippen molar-refractivity contribution < 1.29 is 0 Å². The molecule has 6 heteroatoms. The maximum atomic E-state index is 5.94. The van der Waals surface area contributed by atoms with Crippen molar-refractivity contribution in [1.82, 2.24) is 19.5 Å². The van der Waals surface area contributed by atoms with Crippen molar-refractivity contribution in [1.29, 1.82) is 0 Å². The van der Waals surface area contributed by atoms with Gasteiger partial charge in [0.15, 0.2) is 5.82 Å². The van der Waals surface area contributed by atoms with Crippen LogP contribution in [0.4, 0.5) is 0 Å². The molecule has 4 nitrogen and oxygen atoms in total. The lowest BCUT2D eigenvalue weighted by atomic mass is 10.4. The standard InChI is InChI=1S/C9H8BrClN4/c1-5-7(10)8(11)14-9(13-5)6-3-15(2)4-12-6/h3-4H,1-2H3. The molecular weight excluding hydrogens is 279 g/mol. The van der Waals surface area contributed by atoms with E-state index in [0.29, 0.717) is 11.0 Å². The van der Waals surface area contributed by atoms with Crippen molar-refractivity contribution in [3.63, 3.8) is 0 Å². The average Bonchev–Trinajstić information content (AvgIpc) is 2.60. The number of hydrogen-bond acceptors (Lipinski definition) is 3. The molecule has 0 saturated heterocycles. The van der Waals surface area contributed by atoms with Crippen LogP contribution < -0.4 is 0 Å². The zero-order valence-electron chi connectivity index (χ0n) is 8.20. The molecule has 2 aromatic heterocycles. The molecular formula is C9H8BrClN4. The van der Waals surface area contributed by atoms with Crippen molar-refractivity contribution in [2.75, 3.05) is 0 Å². The number of hydrogen-bond donors (Lipinski definition) is 0. The molecule has 0 saturated carbocycles. The van der Waals surface area contributed by atoms with Gasteiger partial charge in [-0.1, -0.05) is 11.6 Å². The van der Waals surface area contributed by atoms with Gasteiger partial charge in [0.05, 0.1) is 16.5 Å². The Kier molecular flexibility index (Phi) is 2.75. The molecule has 0 aliphatic rings. The minimum Gasteiger partial charge on any atom is -0.340 e. The first-order chi connectivity index (χ1) is 7.08. The number of aromatic nitrogens is 4. The van der Waals surface area contributed by atoms with Crippen LogP contribution in [0.2, 0.25) is 5.15 Å². The first kappa shape index (κ1) is 10.6. The summed E-state index contributed by atoms with van der Waals surface area (Å²) in [6, 6.07) is 0. The minimum absolute atomic E-state index is 0.406. The Hall–Kier alpha value is -0.940. The Morgan fingerprint density at radius 3 is 2.67 bits per heavy atom. The molecule has 0 aromatic carbocycles. The second-order valence-electron chi connectivity index (χ2n) is 3.16. The molecule has 2 rings (SSSR count). The van der Waals surface area contributed by atoms with Crippen LogP contribution in [0.3, 0.4) is 0 Å². The van der Waals surface area contributed by atoms with Gasteiger partial charge in [-0.25, -0.2) is 15.0 Å². The van der Waals surface area contributed by atoms with E-state index < -0.39 is 0 Å². The van der Waals surface area contributed by atoms with Gasteiger partial charge in [-0.3, -0.25) is 0 Å². The summed E-state index contributed by atoms with van der Waals surface area (Å²) in [4.78, 5) is 12.6. The van der Waals surface area contributed by atoms with E-state index in [9.17, 15) is 0 Å². The number of nitrogens with zero attached hydrogens (tertiary/aromatic N) is 4. The molecule has 15 heavy (non-hydrogen) atoms. The normalized spacial score (nSPS) is 10.7. The van der Waals surface area contributed by atoms with Crippen molar-refractivity contribution >= 4 is 27.5 Å². The molecule has 0 aliphatic heterocycles. The van der Waals surface area contributed by atoms with Crippen molar-refractivity contribution in [2.24, 2.45) is 7.05 Å². The summed E-state index contributed by atoms with van der Waals surface area (Å²) in [5.41, 5.74) is 1.52. The van der Waals surface area contributed by atoms with Crippen LogP contribution in [-0.4, -0.2) is 19.5 Å². The molecule has 2 heterocycles. The maximum absolute atomic E-state index is 5.94. The van der Waals surface area contributed by atoms with E-state index in [1.165, 1.54) is 0 Å². The molecule has 0 bridgehead atoms. The summed E-state index contributed by atoms with van der Waals surface area (Å²) >= 11 is 9.25. The summed E-state index contributed by atoms with van der Waals surface area (Å²) in [6.45, 7) is 1.87. The van der Waals surface area contributed by atoms with E-state index in [0.717, 1.165) is 15.9 Å². The lowest BCUT2D eigenvalue weighted by Gasteiger charge is -2.01. The molecule has 0 atom stereocenters. The van der Waals surface area contributed by atoms with E-state index in [1.807, 2.05) is 24.7 Å². The molecule has 2 aromatic rings. The highest BCUT2D eigenvalue weighted by molar-refractivity contribution is 9.10. The SMILES string of the molecule is Cc1nc(-c2cn(C)cn2)nc(Cl)c1Br. The highest BCUT2D eigenvalue weighted by Gasteiger charge is 2.10. The van der Waals surface area contributed by atoms with Crippen LogP contribution in [0.5, 0.6) is 0 Å². The number of aryl methyl sites for hydroxylation is 2. The molecule has 0 fully saturated rings. The lowest BCUT2D eigenvalue weighted by molar-refractivity contribution is 0.913. The third-order valence-corrected chi connectivity index (χ3v) is 3.36. The summed E-state index contributed by atoms with van der Waals surface area (Å²) in [6.07, 6.45) is 3.54. The Bertz CT molecular complexity index is 486. The van der Waals surface area contributed by atoms with Gasteiger partial charge in [0.25, 0.3) is 0 Å². The second kappa shape index (κ2) is 3.90. The lowest BCUT2D eigenvalue weighted by Crippen LogP contribution is -1.94. The number of rotatable bonds is 1. The van der Waals surface area contributed by atoms with Gasteiger partial charge in [-0.15, -0.1) is 0 Å². The van der Waals surface area contributed by atoms with Gasteiger partial charge in [0, 0.05) is 13.2 Å². The highest BCUT2D eigenvalue weighted by Crippen LogP contribution is 2.25. The predicted molar refractivity (Wildman–Crippen MR) is 61.7 cm³/mol. The topological polar surface area (TPSA) is 43.6 Å². The molecule has 0 amide bonds. The van der Waals surface area contributed by atoms with Crippen LogP contribution in [-0.2, 0) is 7.05 Å². The van der Waals surface area contributed by atoms with Gasteiger partial charge in [-0.05, 0) is 22.9 Å². The van der Waals surface area contributed by atoms with Gasteiger partial charge in [-0.2, -0.15) is 0 Å². The monoisotopic (exact) mass is 286 g/mol. The number of imidazole rings is 1. The van der Waals surface area contributed by atoms with Crippen molar-refractivity contribution in [2.45, 2.75) is 6.92 Å². The minimum atomic E-state index is 0.406. The van der Waals surface area contributed by atoms with E-state index in [4.69, 9.17) is 11.6 Å². The van der Waals surface area contributed by atoms with Crippen LogP contribution >= 0.6 is 27.5 Å². The summed E-state index contributed by atoms with van der Waals surface area (Å²) < 4.78 is 2.56. The van der Waals surface area contributed by atoms with E-state index >= 15 is 0 Å². The second-order valence-corrected chi connectivity index (χ2v) is 4.31. The first-order valence-corrected chi connectivity index (χ1v) is 5.43. The predicted octanol–water partition coefficient (Wildman–Crippen LogP) is 2.60. The smallest absolute Gasteiger partial charge is 0.181 e. The molecule has 0 radical (unpaired) electrons. The molecule has 0 spiro atoms. The summed E-state index contributed by atoms with van der Waals surface area (Å²) in [7, 11) is 1.89. The van der Waals surface area contributed by atoms with E-state index in [1.54, 1.807) is 6.33 Å². The molecule has 0 N–H and O–H groups in total. The van der Waals surface area contributed by atoms with Crippen LogP contribution in [0.15, 0.2) is 17.0 Å².